The van der Waals surface area contributed by atoms with Crippen LogP contribution in [0.3, 0.4) is 0 Å². The summed E-state index contributed by atoms with van der Waals surface area (Å²) < 4.78 is 17.2. The first kappa shape index (κ1) is 36.2. The number of ether oxygens (including phenoxy) is 3. The minimum Gasteiger partial charge on any atom is -0.394 e. The van der Waals surface area contributed by atoms with Crippen LogP contribution in [0.4, 0.5) is 0 Å². The summed E-state index contributed by atoms with van der Waals surface area (Å²) in [6.45, 7) is 4.02. The second kappa shape index (κ2) is 23.9. The standard InChI is InChI=1S/C30H59NO8/c1-3-5-7-8-9-10-11-12-13-14-15-16-17-18-20-38-30-27(31-26(34)19-6-4-2)29(36)28(35)25(39-30)23-37-22-24(33)21-32/h24-25,27-30,32-33,35-36H,3-23H2,1-2H3,(H,31,34)/t24-,25+,27+,28+,29+,30-/m0/s1. The maximum atomic E-state index is 12.4. The monoisotopic (exact) mass is 561 g/mol. The Balaban J connectivity index is 2.34. The van der Waals surface area contributed by atoms with Crippen LogP contribution in [0.25, 0.3) is 0 Å². The van der Waals surface area contributed by atoms with Crippen LogP contribution in [0, 0.1) is 0 Å². The van der Waals surface area contributed by atoms with Gasteiger partial charge in [-0.1, -0.05) is 104 Å². The SMILES string of the molecule is CCCCCCCCCCCCCCCCO[C@H]1O[C@H](COC[C@@H](O)CO)[C@@H](O)[C@H](O)[C@H]1NC(=O)CCCC. The van der Waals surface area contributed by atoms with Gasteiger partial charge in [-0.25, -0.2) is 0 Å². The molecule has 1 saturated heterocycles. The summed E-state index contributed by atoms with van der Waals surface area (Å²) >= 11 is 0. The Morgan fingerprint density at radius 1 is 0.821 bits per heavy atom. The maximum absolute atomic E-state index is 12.4. The molecule has 5 N–H and O–H groups in total. The molecular weight excluding hydrogens is 502 g/mol. The van der Waals surface area contributed by atoms with Gasteiger partial charge in [0.05, 0.1) is 19.8 Å². The molecule has 1 fully saturated rings. The number of unbranched alkanes of at least 4 members (excludes halogenated alkanes) is 14. The van der Waals surface area contributed by atoms with E-state index in [2.05, 4.69) is 12.2 Å². The summed E-state index contributed by atoms with van der Waals surface area (Å²) in [6, 6.07) is -0.893. The van der Waals surface area contributed by atoms with Gasteiger partial charge in [-0.15, -0.1) is 0 Å². The van der Waals surface area contributed by atoms with Crippen molar-refractivity contribution in [3.05, 3.63) is 0 Å². The third-order valence-corrected chi connectivity index (χ3v) is 7.37. The average molecular weight is 562 g/mol. The number of aliphatic hydroxyl groups is 4. The number of hydrogen-bond acceptors (Lipinski definition) is 8. The zero-order valence-corrected chi connectivity index (χ0v) is 24.7. The topological polar surface area (TPSA) is 138 Å². The highest BCUT2D eigenvalue weighted by molar-refractivity contribution is 5.76. The van der Waals surface area contributed by atoms with Crippen LogP contribution in [-0.4, -0.2) is 89.5 Å². The van der Waals surface area contributed by atoms with Crippen LogP contribution >= 0.6 is 0 Å². The van der Waals surface area contributed by atoms with Gasteiger partial charge in [0.15, 0.2) is 6.29 Å². The molecule has 0 spiro atoms. The quantitative estimate of drug-likeness (QED) is 0.106. The first-order valence-corrected chi connectivity index (χ1v) is 15.7. The van der Waals surface area contributed by atoms with E-state index in [-0.39, 0.29) is 19.1 Å². The zero-order chi connectivity index (χ0) is 28.7. The van der Waals surface area contributed by atoms with Crippen LogP contribution in [0.5, 0.6) is 0 Å². The molecule has 9 nitrogen and oxygen atoms in total. The van der Waals surface area contributed by atoms with Crippen molar-refractivity contribution in [1.29, 1.82) is 0 Å². The number of hydrogen-bond donors (Lipinski definition) is 5. The summed E-state index contributed by atoms with van der Waals surface area (Å²) in [5.74, 6) is -0.220. The molecule has 39 heavy (non-hydrogen) atoms. The van der Waals surface area contributed by atoms with E-state index < -0.39 is 43.4 Å². The van der Waals surface area contributed by atoms with Gasteiger partial charge in [0.1, 0.15) is 30.5 Å². The van der Waals surface area contributed by atoms with E-state index in [9.17, 15) is 20.1 Å². The second-order valence-corrected chi connectivity index (χ2v) is 11.1. The summed E-state index contributed by atoms with van der Waals surface area (Å²) in [7, 11) is 0. The molecule has 0 radical (unpaired) electrons. The Kier molecular flexibility index (Phi) is 22.1. The van der Waals surface area contributed by atoms with E-state index in [0.717, 1.165) is 32.1 Å². The zero-order valence-electron chi connectivity index (χ0n) is 24.7. The van der Waals surface area contributed by atoms with E-state index in [1.807, 2.05) is 6.92 Å². The van der Waals surface area contributed by atoms with Crippen molar-refractivity contribution in [2.45, 2.75) is 160 Å². The minimum atomic E-state index is -1.30. The Labute approximate surface area is 237 Å². The lowest BCUT2D eigenvalue weighted by atomic mass is 9.96. The van der Waals surface area contributed by atoms with Gasteiger partial charge in [0.25, 0.3) is 0 Å². The van der Waals surface area contributed by atoms with Crippen molar-refractivity contribution in [3.8, 4) is 0 Å². The first-order chi connectivity index (χ1) is 18.9. The van der Waals surface area contributed by atoms with Crippen molar-refractivity contribution in [2.24, 2.45) is 0 Å². The maximum Gasteiger partial charge on any atom is 0.220 e. The van der Waals surface area contributed by atoms with E-state index in [1.165, 1.54) is 70.6 Å². The van der Waals surface area contributed by atoms with Crippen LogP contribution in [-0.2, 0) is 19.0 Å². The van der Waals surface area contributed by atoms with E-state index in [4.69, 9.17) is 19.3 Å². The molecule has 0 aromatic carbocycles. The predicted octanol–water partition coefficient (Wildman–Crippen LogP) is 3.98. The molecule has 1 aliphatic heterocycles. The highest BCUT2D eigenvalue weighted by Crippen LogP contribution is 2.23. The van der Waals surface area contributed by atoms with Crippen LogP contribution in [0.1, 0.15) is 123 Å². The van der Waals surface area contributed by atoms with E-state index >= 15 is 0 Å². The lowest BCUT2D eigenvalue weighted by molar-refractivity contribution is -0.273. The van der Waals surface area contributed by atoms with Gasteiger partial charge in [-0.3, -0.25) is 4.79 Å². The summed E-state index contributed by atoms with van der Waals surface area (Å²) in [5, 5.41) is 42.5. The first-order valence-electron chi connectivity index (χ1n) is 15.7. The lowest BCUT2D eigenvalue weighted by Gasteiger charge is -2.42. The predicted molar refractivity (Wildman–Crippen MR) is 152 cm³/mol. The van der Waals surface area contributed by atoms with Gasteiger partial charge in [0.2, 0.25) is 5.91 Å². The van der Waals surface area contributed by atoms with Crippen molar-refractivity contribution >= 4 is 5.91 Å². The van der Waals surface area contributed by atoms with Gasteiger partial charge in [-0.05, 0) is 12.8 Å². The number of aliphatic hydroxyl groups excluding tert-OH is 4. The fraction of sp³-hybridized carbons (Fsp3) is 0.967. The molecule has 6 atom stereocenters. The number of carbonyl (C=O) groups excluding carboxylic acids is 1. The smallest absolute Gasteiger partial charge is 0.220 e. The third kappa shape index (κ3) is 16.9. The number of rotatable bonds is 25. The molecule has 0 aromatic heterocycles. The molecule has 0 aliphatic carbocycles. The fourth-order valence-electron chi connectivity index (χ4n) is 4.83. The fourth-order valence-corrected chi connectivity index (χ4v) is 4.83. The van der Waals surface area contributed by atoms with E-state index in [0.29, 0.717) is 13.0 Å². The van der Waals surface area contributed by atoms with Crippen molar-refractivity contribution in [1.82, 2.24) is 5.32 Å². The van der Waals surface area contributed by atoms with E-state index in [1.54, 1.807) is 0 Å². The molecule has 0 bridgehead atoms. The normalized spacial score (nSPS) is 24.1. The Morgan fingerprint density at radius 2 is 1.36 bits per heavy atom. The van der Waals surface area contributed by atoms with Gasteiger partial charge in [0, 0.05) is 13.0 Å². The second-order valence-electron chi connectivity index (χ2n) is 11.1. The summed E-state index contributed by atoms with van der Waals surface area (Å²) in [6.07, 6.45) is 14.2. The highest BCUT2D eigenvalue weighted by atomic mass is 16.7. The third-order valence-electron chi connectivity index (χ3n) is 7.37. The highest BCUT2D eigenvalue weighted by Gasteiger charge is 2.45. The molecule has 1 heterocycles. The molecule has 1 rings (SSSR count). The van der Waals surface area contributed by atoms with Crippen molar-refractivity contribution in [2.75, 3.05) is 26.4 Å². The number of carbonyl (C=O) groups is 1. The van der Waals surface area contributed by atoms with Gasteiger partial charge < -0.3 is 40.0 Å². The summed E-state index contributed by atoms with van der Waals surface area (Å²) in [4.78, 5) is 12.4. The molecule has 9 heteroatoms. The van der Waals surface area contributed by atoms with Crippen LogP contribution in [0.15, 0.2) is 0 Å². The Bertz CT molecular complexity index is 581. The number of amides is 1. The van der Waals surface area contributed by atoms with Crippen molar-refractivity contribution < 1.29 is 39.4 Å². The summed E-state index contributed by atoms with van der Waals surface area (Å²) in [5.41, 5.74) is 0. The molecule has 1 aliphatic rings. The largest absolute Gasteiger partial charge is 0.394 e. The molecule has 0 aromatic rings. The Morgan fingerprint density at radius 3 is 1.90 bits per heavy atom. The van der Waals surface area contributed by atoms with Crippen molar-refractivity contribution in [3.63, 3.8) is 0 Å². The van der Waals surface area contributed by atoms with Gasteiger partial charge >= 0.3 is 0 Å². The molecule has 0 saturated carbocycles. The van der Waals surface area contributed by atoms with Crippen LogP contribution in [0.2, 0.25) is 0 Å². The molecule has 1 amide bonds. The minimum absolute atomic E-state index is 0.0928. The average Bonchev–Trinajstić information content (AvgIpc) is 2.93. The van der Waals surface area contributed by atoms with Crippen LogP contribution < -0.4 is 5.32 Å². The molecule has 0 unspecified atom stereocenters. The molecule has 232 valence electrons. The Hall–Kier alpha value is -0.810. The van der Waals surface area contributed by atoms with Gasteiger partial charge in [-0.2, -0.15) is 0 Å². The lowest BCUT2D eigenvalue weighted by Crippen LogP contribution is -2.65. The number of nitrogens with one attached hydrogen (secondary N) is 1. The molecular formula is C30H59NO8.